The average Bonchev–Trinajstić information content (AvgIpc) is 3.91. The van der Waals surface area contributed by atoms with Crippen LogP contribution in [0.3, 0.4) is 0 Å². The summed E-state index contributed by atoms with van der Waals surface area (Å²) in [5.74, 6) is 5.19. The Labute approximate surface area is 288 Å². The highest BCUT2D eigenvalue weighted by Gasteiger charge is 2.39. The van der Waals surface area contributed by atoms with Crippen LogP contribution in [0, 0.1) is 24.3 Å². The third-order valence-corrected chi connectivity index (χ3v) is 8.47. The van der Waals surface area contributed by atoms with Gasteiger partial charge in [0, 0.05) is 40.5 Å². The molecule has 0 radical (unpaired) electrons. The highest BCUT2D eigenvalue weighted by atomic mass is 35.5. The number of phenolic OH excluding ortho intramolecular Hbond substituents is 1. The summed E-state index contributed by atoms with van der Waals surface area (Å²) in [4.78, 5) is 45.0. The molecule has 1 aliphatic heterocycles. The van der Waals surface area contributed by atoms with Crippen molar-refractivity contribution in [1.82, 2.24) is 20.0 Å². The molecule has 3 amide bonds. The molecule has 49 heavy (non-hydrogen) atoms. The molecule has 3 aromatic carbocycles. The Morgan fingerprint density at radius 3 is 2.57 bits per heavy atom. The van der Waals surface area contributed by atoms with Crippen LogP contribution in [0.1, 0.15) is 35.6 Å². The summed E-state index contributed by atoms with van der Waals surface area (Å²) in [7, 11) is 0. The number of anilines is 1. The van der Waals surface area contributed by atoms with Crippen molar-refractivity contribution < 1.29 is 24.2 Å². The van der Waals surface area contributed by atoms with Crippen LogP contribution in [-0.4, -0.2) is 69.9 Å². The van der Waals surface area contributed by atoms with Gasteiger partial charge in [-0.25, -0.2) is 6.57 Å². The molecule has 0 bridgehead atoms. The molecule has 2 atom stereocenters. The van der Waals surface area contributed by atoms with Gasteiger partial charge in [0.2, 0.25) is 18.4 Å². The highest BCUT2D eigenvalue weighted by Crippen LogP contribution is 2.33. The SMILES string of the molecule is [C-]#[N+]CCn1cc(C#Cc2ccc(NC(=O)[C@@H]3COCCN3C(=O)[C@H](NC(=O)C3CC3)c3ccccc3)cc2)c(-c2cc(Cl)ccc2O)n1. The van der Waals surface area contributed by atoms with E-state index in [0.717, 1.165) is 12.8 Å². The number of nitrogens with zero attached hydrogens (tertiary/aromatic N) is 4. The Morgan fingerprint density at radius 2 is 1.84 bits per heavy atom. The Morgan fingerprint density at radius 1 is 1.06 bits per heavy atom. The summed E-state index contributed by atoms with van der Waals surface area (Å²) in [6.07, 6.45) is 3.33. The van der Waals surface area contributed by atoms with Crippen molar-refractivity contribution in [3.63, 3.8) is 0 Å². The van der Waals surface area contributed by atoms with Crippen molar-refractivity contribution in [3.05, 3.63) is 112 Å². The van der Waals surface area contributed by atoms with Crippen LogP contribution < -0.4 is 10.6 Å². The fraction of sp³-hybridized carbons (Fsp3) is 0.270. The lowest BCUT2D eigenvalue weighted by Gasteiger charge is -2.37. The number of aromatic hydroxyl groups is 1. The maximum Gasteiger partial charge on any atom is 0.250 e. The highest BCUT2D eigenvalue weighted by molar-refractivity contribution is 6.31. The molecule has 4 aromatic rings. The number of amides is 3. The molecule has 1 aliphatic carbocycles. The summed E-state index contributed by atoms with van der Waals surface area (Å²) in [6, 6.07) is 18.8. The molecule has 6 rings (SSSR count). The van der Waals surface area contributed by atoms with Gasteiger partial charge in [-0.15, -0.1) is 0 Å². The lowest BCUT2D eigenvalue weighted by molar-refractivity contribution is -0.149. The van der Waals surface area contributed by atoms with Crippen LogP contribution in [0.4, 0.5) is 5.69 Å². The number of rotatable bonds is 9. The molecular formula is C37H33ClN6O5. The Hall–Kier alpha value is -5.62. The number of phenols is 1. The van der Waals surface area contributed by atoms with Gasteiger partial charge in [0.05, 0.1) is 18.8 Å². The maximum atomic E-state index is 13.9. The zero-order valence-corrected chi connectivity index (χ0v) is 27.2. The molecule has 2 heterocycles. The number of carbonyl (C=O) groups excluding carboxylic acids is 3. The molecule has 1 saturated heterocycles. The number of ether oxygens (including phenoxy) is 1. The quantitative estimate of drug-likeness (QED) is 0.175. The van der Waals surface area contributed by atoms with E-state index in [4.69, 9.17) is 22.9 Å². The van der Waals surface area contributed by atoms with E-state index in [2.05, 4.69) is 32.4 Å². The Kier molecular flexibility index (Phi) is 10.2. The number of hydrogen-bond acceptors (Lipinski definition) is 6. The molecule has 11 nitrogen and oxygen atoms in total. The van der Waals surface area contributed by atoms with E-state index in [1.807, 2.05) is 18.2 Å². The van der Waals surface area contributed by atoms with Gasteiger partial charge in [-0.2, -0.15) is 5.10 Å². The molecule has 248 valence electrons. The first kappa shape index (κ1) is 33.3. The van der Waals surface area contributed by atoms with Gasteiger partial charge in [-0.05, 0) is 60.9 Å². The molecule has 2 aliphatic rings. The summed E-state index contributed by atoms with van der Waals surface area (Å²) in [5, 5.41) is 21.2. The monoisotopic (exact) mass is 676 g/mol. The summed E-state index contributed by atoms with van der Waals surface area (Å²) in [5.41, 5.74) is 3.22. The van der Waals surface area contributed by atoms with Gasteiger partial charge >= 0.3 is 0 Å². The molecule has 3 N–H and O–H groups in total. The van der Waals surface area contributed by atoms with Gasteiger partial charge in [0.15, 0.2) is 0 Å². The Bertz CT molecular complexity index is 1960. The largest absolute Gasteiger partial charge is 0.507 e. The first-order valence-corrected chi connectivity index (χ1v) is 16.2. The second-order valence-corrected chi connectivity index (χ2v) is 12.2. The van der Waals surface area contributed by atoms with E-state index in [9.17, 15) is 19.5 Å². The molecule has 0 unspecified atom stereocenters. The lowest BCUT2D eigenvalue weighted by atomic mass is 10.0. The van der Waals surface area contributed by atoms with Crippen LogP contribution in [0.25, 0.3) is 16.1 Å². The second kappa shape index (κ2) is 15.1. The number of benzene rings is 3. The Balaban J connectivity index is 1.17. The van der Waals surface area contributed by atoms with Crippen molar-refractivity contribution >= 4 is 35.0 Å². The van der Waals surface area contributed by atoms with Crippen molar-refractivity contribution in [2.24, 2.45) is 5.92 Å². The normalized spacial score (nSPS) is 16.1. The molecule has 0 spiro atoms. The van der Waals surface area contributed by atoms with E-state index in [1.54, 1.807) is 59.4 Å². The molecular weight excluding hydrogens is 644 g/mol. The number of aromatic nitrogens is 2. The minimum absolute atomic E-state index is 0.00482. The number of morpholine rings is 1. The third kappa shape index (κ3) is 8.10. The van der Waals surface area contributed by atoms with Crippen molar-refractivity contribution in [1.29, 1.82) is 0 Å². The van der Waals surface area contributed by atoms with Crippen LogP contribution >= 0.6 is 11.6 Å². The van der Waals surface area contributed by atoms with Gasteiger partial charge in [0.1, 0.15) is 30.1 Å². The van der Waals surface area contributed by atoms with Gasteiger partial charge in [0.25, 0.3) is 5.91 Å². The molecule has 1 saturated carbocycles. The molecule has 1 aromatic heterocycles. The summed E-state index contributed by atoms with van der Waals surface area (Å²) >= 11 is 6.18. The zero-order chi connectivity index (χ0) is 34.3. The summed E-state index contributed by atoms with van der Waals surface area (Å²) in [6.45, 7) is 8.21. The van der Waals surface area contributed by atoms with E-state index in [1.165, 1.54) is 11.0 Å². The minimum atomic E-state index is -0.913. The van der Waals surface area contributed by atoms with E-state index in [0.29, 0.717) is 45.2 Å². The van der Waals surface area contributed by atoms with Crippen LogP contribution in [0.15, 0.2) is 79.0 Å². The van der Waals surface area contributed by atoms with Crippen LogP contribution in [-0.2, 0) is 25.7 Å². The van der Waals surface area contributed by atoms with E-state index >= 15 is 0 Å². The predicted molar refractivity (Wildman–Crippen MR) is 183 cm³/mol. The standard InChI is InChI=1S/C37H33ClN6O5/c1-39-17-18-43-22-27(33(42-43)30-21-28(38)13-16-32(30)45)10-7-24-8-14-29(15-9-24)40-36(47)31-23-49-20-19-44(31)37(48)34(25-5-3-2-4-6-25)41-35(46)26-11-12-26/h2-6,8-9,13-16,21-22,26,31,34,45H,11-12,17-20,23H2,(H,40,47)(H,41,46)/t31-,34+/m0/s1. The lowest BCUT2D eigenvalue weighted by Crippen LogP contribution is -2.57. The minimum Gasteiger partial charge on any atom is -0.507 e. The number of halogens is 1. The van der Waals surface area contributed by atoms with Crippen molar-refractivity contribution in [2.75, 3.05) is 31.6 Å². The second-order valence-electron chi connectivity index (χ2n) is 11.8. The van der Waals surface area contributed by atoms with Gasteiger partial charge < -0.3 is 30.2 Å². The molecule has 12 heteroatoms. The van der Waals surface area contributed by atoms with Gasteiger partial charge in [-0.3, -0.25) is 19.1 Å². The van der Waals surface area contributed by atoms with Gasteiger partial charge in [-0.1, -0.05) is 53.8 Å². The molecule has 2 fully saturated rings. The van der Waals surface area contributed by atoms with E-state index < -0.39 is 18.0 Å². The fourth-order valence-electron chi connectivity index (χ4n) is 5.47. The number of nitrogens with one attached hydrogen (secondary N) is 2. The first-order chi connectivity index (χ1) is 23.8. The first-order valence-electron chi connectivity index (χ1n) is 15.9. The predicted octanol–water partition coefficient (Wildman–Crippen LogP) is 4.66. The number of hydrogen-bond donors (Lipinski definition) is 3. The average molecular weight is 677 g/mol. The van der Waals surface area contributed by atoms with E-state index in [-0.39, 0.29) is 49.8 Å². The third-order valence-electron chi connectivity index (χ3n) is 8.24. The number of carbonyl (C=O) groups is 3. The smallest absolute Gasteiger partial charge is 0.250 e. The van der Waals surface area contributed by atoms with Crippen molar-refractivity contribution in [2.45, 2.75) is 31.5 Å². The van der Waals surface area contributed by atoms with Crippen LogP contribution in [0.5, 0.6) is 5.75 Å². The van der Waals surface area contributed by atoms with Crippen molar-refractivity contribution in [3.8, 4) is 28.8 Å². The van der Waals surface area contributed by atoms with Crippen LogP contribution in [0.2, 0.25) is 5.02 Å². The summed E-state index contributed by atoms with van der Waals surface area (Å²) < 4.78 is 7.22. The maximum absolute atomic E-state index is 13.9. The fourth-order valence-corrected chi connectivity index (χ4v) is 5.64. The topological polar surface area (TPSA) is 130 Å². The zero-order valence-electron chi connectivity index (χ0n) is 26.4.